The van der Waals surface area contributed by atoms with Gasteiger partial charge < -0.3 is 14.2 Å². The van der Waals surface area contributed by atoms with Crippen LogP contribution in [-0.2, 0) is 17.8 Å². The van der Waals surface area contributed by atoms with E-state index in [0.717, 1.165) is 45.2 Å². The van der Waals surface area contributed by atoms with Crippen LogP contribution in [0.3, 0.4) is 0 Å². The number of aryl methyl sites for hydroxylation is 1. The van der Waals surface area contributed by atoms with Crippen LogP contribution in [0.25, 0.3) is 0 Å². The fraction of sp³-hybridized carbons (Fsp3) is 0.444. The lowest BCUT2D eigenvalue weighted by Gasteiger charge is -2.35. The Balaban J connectivity index is 1.55. The predicted octanol–water partition coefficient (Wildman–Crippen LogP) is 2.01. The summed E-state index contributed by atoms with van der Waals surface area (Å²) in [7, 11) is 1.40. The van der Waals surface area contributed by atoms with Gasteiger partial charge in [-0.05, 0) is 24.6 Å². The number of nitrogens with zero attached hydrogens (tertiary/aromatic N) is 4. The normalized spacial score (nSPS) is 15.5. The van der Waals surface area contributed by atoms with Gasteiger partial charge in [0.25, 0.3) is 0 Å². The molecule has 2 aromatic rings. The number of imidazole rings is 1. The number of carbonyl (C=O) groups excluding carboxylic acids is 1. The first kappa shape index (κ1) is 16.5. The molecule has 128 valence electrons. The second-order valence-corrected chi connectivity index (χ2v) is 5.96. The van der Waals surface area contributed by atoms with Crippen LogP contribution in [0.2, 0.25) is 0 Å². The van der Waals surface area contributed by atoms with E-state index in [4.69, 9.17) is 4.74 Å². The fourth-order valence-electron chi connectivity index (χ4n) is 3.06. The number of aromatic nitrogens is 2. The van der Waals surface area contributed by atoms with Crippen LogP contribution in [0.4, 0.5) is 5.95 Å². The molecule has 0 amide bonds. The highest BCUT2D eigenvalue weighted by molar-refractivity contribution is 5.89. The highest BCUT2D eigenvalue weighted by atomic mass is 16.5. The summed E-state index contributed by atoms with van der Waals surface area (Å²) < 4.78 is 6.91. The smallest absolute Gasteiger partial charge is 0.337 e. The molecule has 0 spiro atoms. The molecule has 1 saturated heterocycles. The van der Waals surface area contributed by atoms with Crippen molar-refractivity contribution in [2.45, 2.75) is 20.0 Å². The molecule has 0 saturated carbocycles. The standard InChI is InChI=1S/C18H24N4O2/c1-3-21-9-8-19-18(21)22-12-10-20(11-13-22)14-15-4-6-16(7-5-15)17(23)24-2/h4-9H,3,10-14H2,1-2H3. The molecule has 0 radical (unpaired) electrons. The van der Waals surface area contributed by atoms with E-state index in [9.17, 15) is 4.79 Å². The quantitative estimate of drug-likeness (QED) is 0.786. The molecule has 3 rings (SSSR count). The summed E-state index contributed by atoms with van der Waals surface area (Å²) in [6.07, 6.45) is 3.90. The second kappa shape index (κ2) is 7.49. The summed E-state index contributed by atoms with van der Waals surface area (Å²) in [5.74, 6) is 0.779. The lowest BCUT2D eigenvalue weighted by atomic mass is 10.1. The monoisotopic (exact) mass is 328 g/mol. The number of carbonyl (C=O) groups is 1. The van der Waals surface area contributed by atoms with Gasteiger partial charge in [-0.1, -0.05) is 12.1 Å². The largest absolute Gasteiger partial charge is 0.465 e. The summed E-state index contributed by atoms with van der Waals surface area (Å²) in [6.45, 7) is 7.97. The van der Waals surface area contributed by atoms with E-state index in [-0.39, 0.29) is 5.97 Å². The van der Waals surface area contributed by atoms with Gasteiger partial charge in [0.05, 0.1) is 12.7 Å². The lowest BCUT2D eigenvalue weighted by molar-refractivity contribution is 0.0600. The van der Waals surface area contributed by atoms with E-state index in [2.05, 4.69) is 26.3 Å². The van der Waals surface area contributed by atoms with Crippen molar-refractivity contribution in [1.29, 1.82) is 0 Å². The van der Waals surface area contributed by atoms with Crippen LogP contribution in [-0.4, -0.2) is 53.7 Å². The third kappa shape index (κ3) is 3.59. The molecule has 1 aromatic heterocycles. The van der Waals surface area contributed by atoms with Crippen molar-refractivity contribution < 1.29 is 9.53 Å². The predicted molar refractivity (Wildman–Crippen MR) is 93.2 cm³/mol. The first-order valence-corrected chi connectivity index (χ1v) is 8.37. The maximum absolute atomic E-state index is 11.5. The SMILES string of the molecule is CCn1ccnc1N1CCN(Cc2ccc(C(=O)OC)cc2)CC1. The molecule has 2 heterocycles. The summed E-state index contributed by atoms with van der Waals surface area (Å²) in [5.41, 5.74) is 1.81. The van der Waals surface area contributed by atoms with Crippen molar-refractivity contribution >= 4 is 11.9 Å². The van der Waals surface area contributed by atoms with Crippen LogP contribution < -0.4 is 4.90 Å². The van der Waals surface area contributed by atoms with Crippen molar-refractivity contribution in [2.75, 3.05) is 38.2 Å². The summed E-state index contributed by atoms with van der Waals surface area (Å²) >= 11 is 0. The Morgan fingerprint density at radius 3 is 2.50 bits per heavy atom. The average Bonchev–Trinajstić information content (AvgIpc) is 3.11. The number of esters is 1. The summed E-state index contributed by atoms with van der Waals surface area (Å²) in [5, 5.41) is 0. The van der Waals surface area contributed by atoms with Gasteiger partial charge in [-0.2, -0.15) is 0 Å². The van der Waals surface area contributed by atoms with E-state index < -0.39 is 0 Å². The first-order chi connectivity index (χ1) is 11.7. The van der Waals surface area contributed by atoms with E-state index in [1.165, 1.54) is 12.7 Å². The van der Waals surface area contributed by atoms with Gasteiger partial charge >= 0.3 is 5.97 Å². The van der Waals surface area contributed by atoms with E-state index in [1.54, 1.807) is 0 Å². The molecule has 1 aromatic carbocycles. The highest BCUT2D eigenvalue weighted by Gasteiger charge is 2.20. The summed E-state index contributed by atoms with van der Waals surface area (Å²) in [4.78, 5) is 20.7. The third-order valence-corrected chi connectivity index (χ3v) is 4.47. The van der Waals surface area contributed by atoms with Gasteiger partial charge in [0.15, 0.2) is 0 Å². The molecule has 0 atom stereocenters. The van der Waals surface area contributed by atoms with Gasteiger partial charge in [-0.3, -0.25) is 4.90 Å². The Hall–Kier alpha value is -2.34. The van der Waals surface area contributed by atoms with Crippen LogP contribution in [0, 0.1) is 0 Å². The minimum Gasteiger partial charge on any atom is -0.465 e. The average molecular weight is 328 g/mol. The molecule has 6 nitrogen and oxygen atoms in total. The van der Waals surface area contributed by atoms with Gasteiger partial charge in [-0.15, -0.1) is 0 Å². The Bertz CT molecular complexity index is 673. The molecule has 1 aliphatic rings. The molecule has 6 heteroatoms. The Morgan fingerprint density at radius 1 is 1.17 bits per heavy atom. The topological polar surface area (TPSA) is 50.6 Å². The molecule has 1 fully saturated rings. The Morgan fingerprint density at radius 2 is 1.88 bits per heavy atom. The van der Waals surface area contributed by atoms with Crippen molar-refractivity contribution in [3.8, 4) is 0 Å². The molecule has 0 N–H and O–H groups in total. The third-order valence-electron chi connectivity index (χ3n) is 4.47. The van der Waals surface area contributed by atoms with Gasteiger partial charge in [-0.25, -0.2) is 9.78 Å². The van der Waals surface area contributed by atoms with Gasteiger partial charge in [0.2, 0.25) is 5.95 Å². The number of hydrogen-bond acceptors (Lipinski definition) is 5. The molecular formula is C18H24N4O2. The molecule has 24 heavy (non-hydrogen) atoms. The number of methoxy groups -OCH3 is 1. The minimum atomic E-state index is -0.290. The molecular weight excluding hydrogens is 304 g/mol. The number of anilines is 1. The maximum Gasteiger partial charge on any atom is 0.337 e. The number of piperazine rings is 1. The van der Waals surface area contributed by atoms with Crippen LogP contribution >= 0.6 is 0 Å². The second-order valence-electron chi connectivity index (χ2n) is 5.96. The van der Waals surface area contributed by atoms with Crippen LogP contribution in [0.1, 0.15) is 22.8 Å². The Labute approximate surface area is 142 Å². The first-order valence-electron chi connectivity index (χ1n) is 8.37. The Kier molecular flexibility index (Phi) is 5.15. The minimum absolute atomic E-state index is 0.290. The zero-order valence-electron chi connectivity index (χ0n) is 14.3. The van der Waals surface area contributed by atoms with Crippen LogP contribution in [0.5, 0.6) is 0 Å². The highest BCUT2D eigenvalue weighted by Crippen LogP contribution is 2.16. The van der Waals surface area contributed by atoms with E-state index in [0.29, 0.717) is 5.56 Å². The van der Waals surface area contributed by atoms with E-state index >= 15 is 0 Å². The molecule has 1 aliphatic heterocycles. The van der Waals surface area contributed by atoms with Crippen molar-refractivity contribution in [1.82, 2.24) is 14.5 Å². The summed E-state index contributed by atoms with van der Waals surface area (Å²) in [6, 6.07) is 7.66. The van der Waals surface area contributed by atoms with Crippen molar-refractivity contribution in [3.63, 3.8) is 0 Å². The van der Waals surface area contributed by atoms with Crippen molar-refractivity contribution in [3.05, 3.63) is 47.8 Å². The zero-order chi connectivity index (χ0) is 16.9. The number of hydrogen-bond donors (Lipinski definition) is 0. The van der Waals surface area contributed by atoms with E-state index in [1.807, 2.05) is 36.7 Å². The number of benzene rings is 1. The molecule has 0 bridgehead atoms. The van der Waals surface area contributed by atoms with Gasteiger partial charge in [0.1, 0.15) is 0 Å². The number of ether oxygens (including phenoxy) is 1. The molecule has 0 unspecified atom stereocenters. The zero-order valence-corrected chi connectivity index (χ0v) is 14.3. The number of rotatable bonds is 5. The van der Waals surface area contributed by atoms with Crippen LogP contribution in [0.15, 0.2) is 36.7 Å². The maximum atomic E-state index is 11.5. The van der Waals surface area contributed by atoms with Gasteiger partial charge in [0, 0.05) is 51.7 Å². The molecule has 0 aliphatic carbocycles. The van der Waals surface area contributed by atoms with Crippen molar-refractivity contribution in [2.24, 2.45) is 0 Å². The lowest BCUT2D eigenvalue weighted by Crippen LogP contribution is -2.46. The fourth-order valence-corrected chi connectivity index (χ4v) is 3.06.